The zero-order chi connectivity index (χ0) is 21.1. The van der Waals surface area contributed by atoms with Crippen molar-refractivity contribution in [3.05, 3.63) is 53.6 Å². The summed E-state index contributed by atoms with van der Waals surface area (Å²) in [5.74, 6) is -0.689. The maximum atomic E-state index is 12.7. The maximum Gasteiger partial charge on any atom is 0.416 e. The van der Waals surface area contributed by atoms with Crippen LogP contribution in [0.25, 0.3) is 0 Å². The molecule has 2 rings (SSSR count). The van der Waals surface area contributed by atoms with Crippen molar-refractivity contribution in [1.29, 1.82) is 0 Å². The molecule has 0 saturated heterocycles. The van der Waals surface area contributed by atoms with Crippen LogP contribution >= 0.6 is 0 Å². The Hall–Kier alpha value is -2.79. The van der Waals surface area contributed by atoms with E-state index in [0.717, 1.165) is 22.5 Å². The van der Waals surface area contributed by atoms with Crippen molar-refractivity contribution in [2.45, 2.75) is 11.1 Å². The first-order valence-corrected chi connectivity index (χ1v) is 9.25. The summed E-state index contributed by atoms with van der Waals surface area (Å²) >= 11 is 0. The lowest BCUT2D eigenvalue weighted by Crippen LogP contribution is -2.30. The molecule has 2 N–H and O–H groups in total. The number of hydrogen-bond acceptors (Lipinski definition) is 5. The molecular weight excluding hydrogens is 399 g/mol. The van der Waals surface area contributed by atoms with E-state index in [0.29, 0.717) is 0 Å². The van der Waals surface area contributed by atoms with Gasteiger partial charge in [0.25, 0.3) is 5.91 Å². The number of hydrogen-bond donors (Lipinski definition) is 2. The molecule has 2 aromatic rings. The van der Waals surface area contributed by atoms with Gasteiger partial charge in [0.1, 0.15) is 10.6 Å². The molecule has 0 atom stereocenters. The number of anilines is 1. The molecule has 0 fully saturated rings. The molecule has 2 aromatic carbocycles. The van der Waals surface area contributed by atoms with Crippen LogP contribution < -0.4 is 15.6 Å². The molecule has 0 aliphatic heterocycles. The highest BCUT2D eigenvalue weighted by atomic mass is 32.2. The lowest BCUT2D eigenvalue weighted by atomic mass is 10.2. The number of nitrogens with one attached hydrogen (secondary N) is 2. The average molecular weight is 417 g/mol. The molecule has 11 heteroatoms. The lowest BCUT2D eigenvalue weighted by Gasteiger charge is -2.16. The molecule has 0 unspecified atom stereocenters. The van der Waals surface area contributed by atoms with Crippen LogP contribution in [0.5, 0.6) is 5.75 Å². The third-order valence-electron chi connectivity index (χ3n) is 3.69. The van der Waals surface area contributed by atoms with Gasteiger partial charge in [-0.1, -0.05) is 6.07 Å². The Morgan fingerprint density at radius 2 is 1.79 bits per heavy atom. The van der Waals surface area contributed by atoms with E-state index in [1.54, 1.807) is 0 Å². The fourth-order valence-electron chi connectivity index (χ4n) is 2.19. The lowest BCUT2D eigenvalue weighted by molar-refractivity contribution is -0.137. The van der Waals surface area contributed by atoms with Gasteiger partial charge in [0.15, 0.2) is 0 Å². The number of rotatable bonds is 6. The number of hydrazine groups is 1. The molecule has 152 valence electrons. The Labute approximate surface area is 160 Å². The molecule has 7 nitrogen and oxygen atoms in total. The summed E-state index contributed by atoms with van der Waals surface area (Å²) in [6, 6.07) is 8.02. The SMILES string of the molecule is COc1ccc(C(=O)NNc2cccc(C(F)(F)F)c2)cc1S(=O)(=O)N(C)C. The zero-order valence-electron chi connectivity index (χ0n) is 15.2. The molecule has 0 saturated carbocycles. The molecule has 28 heavy (non-hydrogen) atoms. The number of sulfonamides is 1. The van der Waals surface area contributed by atoms with E-state index in [2.05, 4.69) is 10.9 Å². The van der Waals surface area contributed by atoms with E-state index in [4.69, 9.17) is 4.74 Å². The number of methoxy groups -OCH3 is 1. The molecule has 0 aromatic heterocycles. The maximum absolute atomic E-state index is 12.7. The second-order valence-electron chi connectivity index (χ2n) is 5.81. The van der Waals surface area contributed by atoms with Crippen molar-refractivity contribution >= 4 is 21.6 Å². The van der Waals surface area contributed by atoms with Crippen molar-refractivity contribution < 1.29 is 31.1 Å². The first-order chi connectivity index (χ1) is 13.0. The van der Waals surface area contributed by atoms with Crippen LogP contribution in [0.1, 0.15) is 15.9 Å². The monoisotopic (exact) mass is 417 g/mol. The first kappa shape index (κ1) is 21.5. The first-order valence-electron chi connectivity index (χ1n) is 7.81. The highest BCUT2D eigenvalue weighted by Crippen LogP contribution is 2.30. The van der Waals surface area contributed by atoms with Gasteiger partial charge in [0.05, 0.1) is 18.4 Å². The Bertz CT molecular complexity index is 976. The van der Waals surface area contributed by atoms with Gasteiger partial charge in [-0.2, -0.15) is 13.2 Å². The number of ether oxygens (including phenoxy) is 1. The fraction of sp³-hybridized carbons (Fsp3) is 0.235. The minimum atomic E-state index is -4.52. The summed E-state index contributed by atoms with van der Waals surface area (Å²) in [6.07, 6.45) is -4.52. The quantitative estimate of drug-likeness (QED) is 0.706. The third-order valence-corrected chi connectivity index (χ3v) is 5.53. The van der Waals surface area contributed by atoms with Gasteiger partial charge in [-0.3, -0.25) is 15.6 Å². The number of amides is 1. The number of benzene rings is 2. The van der Waals surface area contributed by atoms with E-state index >= 15 is 0 Å². The normalized spacial score (nSPS) is 12.0. The summed E-state index contributed by atoms with van der Waals surface area (Å²) < 4.78 is 69.0. The highest BCUT2D eigenvalue weighted by molar-refractivity contribution is 7.89. The topological polar surface area (TPSA) is 87.7 Å². The zero-order valence-corrected chi connectivity index (χ0v) is 16.0. The van der Waals surface area contributed by atoms with Gasteiger partial charge in [-0.05, 0) is 36.4 Å². The van der Waals surface area contributed by atoms with Crippen molar-refractivity contribution in [1.82, 2.24) is 9.73 Å². The van der Waals surface area contributed by atoms with Crippen LogP contribution in [0.15, 0.2) is 47.4 Å². The molecule has 0 aliphatic rings. The summed E-state index contributed by atoms with van der Waals surface area (Å²) in [4.78, 5) is 12.1. The summed E-state index contributed by atoms with van der Waals surface area (Å²) in [5.41, 5.74) is 3.71. The second kappa shape index (κ2) is 8.07. The molecule has 0 spiro atoms. The largest absolute Gasteiger partial charge is 0.495 e. The minimum Gasteiger partial charge on any atom is -0.495 e. The Kier molecular flexibility index (Phi) is 6.20. The van der Waals surface area contributed by atoms with E-state index in [-0.39, 0.29) is 21.9 Å². The number of nitrogens with zero attached hydrogens (tertiary/aromatic N) is 1. The van der Waals surface area contributed by atoms with Gasteiger partial charge >= 0.3 is 6.18 Å². The van der Waals surface area contributed by atoms with Gasteiger partial charge in [0.2, 0.25) is 10.0 Å². The molecule has 0 radical (unpaired) electrons. The predicted molar refractivity (Wildman–Crippen MR) is 96.4 cm³/mol. The van der Waals surface area contributed by atoms with Crippen molar-refractivity contribution in [3.63, 3.8) is 0 Å². The third kappa shape index (κ3) is 4.73. The average Bonchev–Trinajstić information content (AvgIpc) is 2.65. The fourth-order valence-corrected chi connectivity index (χ4v) is 3.27. The van der Waals surface area contributed by atoms with Gasteiger partial charge in [-0.15, -0.1) is 0 Å². The highest BCUT2D eigenvalue weighted by Gasteiger charge is 2.30. The number of carbonyl (C=O) groups excluding carboxylic acids is 1. The number of alkyl halides is 3. The smallest absolute Gasteiger partial charge is 0.416 e. The van der Waals surface area contributed by atoms with E-state index in [9.17, 15) is 26.4 Å². The molecular formula is C17H18F3N3O4S. The van der Waals surface area contributed by atoms with Crippen molar-refractivity contribution in [2.24, 2.45) is 0 Å². The van der Waals surface area contributed by atoms with Gasteiger partial charge < -0.3 is 4.74 Å². The van der Waals surface area contributed by atoms with Crippen molar-refractivity contribution in [3.8, 4) is 5.75 Å². The van der Waals surface area contributed by atoms with E-state index in [1.165, 1.54) is 45.5 Å². The number of halogens is 3. The molecule has 0 bridgehead atoms. The summed E-state index contributed by atoms with van der Waals surface area (Å²) in [5, 5.41) is 0. The van der Waals surface area contributed by atoms with Crippen LogP contribution in [0.2, 0.25) is 0 Å². The summed E-state index contributed by atoms with van der Waals surface area (Å²) in [7, 11) is 0.0689. The molecule has 0 aliphatic carbocycles. The standard InChI is InChI=1S/C17H18F3N3O4S/c1-23(2)28(25,26)15-9-11(7-8-14(15)27-3)16(24)22-21-13-6-4-5-12(10-13)17(18,19)20/h4-10,21H,1-3H3,(H,22,24). The predicted octanol–water partition coefficient (Wildman–Crippen LogP) is 2.72. The molecule has 1 amide bonds. The number of carbonyl (C=O) groups is 1. The van der Waals surface area contributed by atoms with Crippen LogP contribution in [0.3, 0.4) is 0 Å². The summed E-state index contributed by atoms with van der Waals surface area (Å²) in [6.45, 7) is 0. The van der Waals surface area contributed by atoms with Crippen LogP contribution in [-0.4, -0.2) is 39.8 Å². The van der Waals surface area contributed by atoms with E-state index < -0.39 is 27.7 Å². The van der Waals surface area contributed by atoms with Crippen LogP contribution in [-0.2, 0) is 16.2 Å². The van der Waals surface area contributed by atoms with Crippen LogP contribution in [0, 0.1) is 0 Å². The van der Waals surface area contributed by atoms with Gasteiger partial charge in [-0.25, -0.2) is 12.7 Å². The Morgan fingerprint density at radius 3 is 2.36 bits per heavy atom. The molecule has 0 heterocycles. The minimum absolute atomic E-state index is 0.0119. The second-order valence-corrected chi connectivity index (χ2v) is 7.93. The Balaban J connectivity index is 2.24. The van der Waals surface area contributed by atoms with Crippen molar-refractivity contribution in [2.75, 3.05) is 26.6 Å². The van der Waals surface area contributed by atoms with Crippen LogP contribution in [0.4, 0.5) is 18.9 Å². The Morgan fingerprint density at radius 1 is 1.11 bits per heavy atom. The van der Waals surface area contributed by atoms with Gasteiger partial charge in [0, 0.05) is 19.7 Å². The van der Waals surface area contributed by atoms with E-state index in [1.807, 2.05) is 0 Å².